The van der Waals surface area contributed by atoms with Crippen LogP contribution in [0.4, 0.5) is 0 Å². The highest BCUT2D eigenvalue weighted by atomic mass is 16.3. The minimum atomic E-state index is -0.397. The van der Waals surface area contributed by atoms with Gasteiger partial charge in [-0.05, 0) is 26.0 Å². The Morgan fingerprint density at radius 1 is 1.67 bits per heavy atom. The molecule has 1 aromatic rings. The Hall–Kier alpha value is -1.76. The topological polar surface area (TPSA) is 66.0 Å². The quantitative estimate of drug-likeness (QED) is 0.814. The van der Waals surface area contributed by atoms with Gasteiger partial charge < -0.3 is 9.73 Å². The molecular weight excluding hydrogens is 192 g/mol. The minimum absolute atomic E-state index is 0.110. The molecule has 0 aliphatic rings. The van der Waals surface area contributed by atoms with E-state index >= 15 is 0 Å². The van der Waals surface area contributed by atoms with Crippen LogP contribution in [-0.2, 0) is 11.2 Å². The molecule has 1 rings (SSSR count). The smallest absolute Gasteiger partial charge is 0.234 e. The van der Waals surface area contributed by atoms with Crippen molar-refractivity contribution >= 4 is 5.91 Å². The van der Waals surface area contributed by atoms with E-state index in [1.54, 1.807) is 6.26 Å². The molecule has 0 aliphatic heterocycles. The molecule has 1 aromatic heterocycles. The molecule has 4 nitrogen and oxygen atoms in total. The lowest BCUT2D eigenvalue weighted by molar-refractivity contribution is -0.121. The van der Waals surface area contributed by atoms with Gasteiger partial charge >= 0.3 is 0 Å². The van der Waals surface area contributed by atoms with Gasteiger partial charge in [-0.2, -0.15) is 5.26 Å². The molecule has 0 unspecified atom stereocenters. The largest absolute Gasteiger partial charge is 0.469 e. The SMILES string of the molecule is CC(C)(Cc1ccco1)NC(=O)CC#N. The first kappa shape index (κ1) is 11.3. The average Bonchev–Trinajstić information content (AvgIpc) is 2.54. The lowest BCUT2D eigenvalue weighted by atomic mass is 9.99. The summed E-state index contributed by atoms with van der Waals surface area (Å²) in [7, 11) is 0. The van der Waals surface area contributed by atoms with Crippen molar-refractivity contribution in [3.05, 3.63) is 24.2 Å². The number of amides is 1. The first-order valence-electron chi connectivity index (χ1n) is 4.74. The maximum atomic E-state index is 11.2. The van der Waals surface area contributed by atoms with Crippen molar-refractivity contribution in [2.75, 3.05) is 0 Å². The Balaban J connectivity index is 2.52. The molecule has 80 valence electrons. The number of nitriles is 1. The third kappa shape index (κ3) is 3.86. The fourth-order valence-corrected chi connectivity index (χ4v) is 1.39. The predicted molar refractivity (Wildman–Crippen MR) is 54.9 cm³/mol. The lowest BCUT2D eigenvalue weighted by Gasteiger charge is -2.24. The zero-order chi connectivity index (χ0) is 11.3. The second kappa shape index (κ2) is 4.65. The first-order valence-corrected chi connectivity index (χ1v) is 4.74. The van der Waals surface area contributed by atoms with Crippen LogP contribution in [0.15, 0.2) is 22.8 Å². The first-order chi connectivity index (χ1) is 7.03. The molecule has 0 saturated carbocycles. The van der Waals surface area contributed by atoms with E-state index in [1.165, 1.54) is 0 Å². The van der Waals surface area contributed by atoms with E-state index in [9.17, 15) is 4.79 Å². The highest BCUT2D eigenvalue weighted by Crippen LogP contribution is 2.13. The fourth-order valence-electron chi connectivity index (χ4n) is 1.39. The standard InChI is InChI=1S/C11H14N2O2/c1-11(2,13-10(14)5-6-12)8-9-4-3-7-15-9/h3-4,7H,5,8H2,1-2H3,(H,13,14). The molecule has 4 heteroatoms. The van der Waals surface area contributed by atoms with Crippen molar-refractivity contribution < 1.29 is 9.21 Å². The Labute approximate surface area is 88.9 Å². The molecule has 0 atom stereocenters. The Morgan fingerprint density at radius 2 is 2.40 bits per heavy atom. The highest BCUT2D eigenvalue weighted by Gasteiger charge is 2.21. The summed E-state index contributed by atoms with van der Waals surface area (Å²) in [4.78, 5) is 11.2. The van der Waals surface area contributed by atoms with Crippen molar-refractivity contribution in [2.45, 2.75) is 32.2 Å². The van der Waals surface area contributed by atoms with Gasteiger partial charge in [-0.15, -0.1) is 0 Å². The normalized spacial score (nSPS) is 10.7. The van der Waals surface area contributed by atoms with E-state index < -0.39 is 5.54 Å². The lowest BCUT2D eigenvalue weighted by Crippen LogP contribution is -2.44. The molecule has 0 spiro atoms. The van der Waals surface area contributed by atoms with E-state index in [4.69, 9.17) is 9.68 Å². The number of carbonyl (C=O) groups excluding carboxylic acids is 1. The van der Waals surface area contributed by atoms with E-state index in [-0.39, 0.29) is 12.3 Å². The molecule has 1 N–H and O–H groups in total. The number of hydrogen-bond acceptors (Lipinski definition) is 3. The number of hydrogen-bond donors (Lipinski definition) is 1. The summed E-state index contributed by atoms with van der Waals surface area (Å²) in [6, 6.07) is 5.48. The van der Waals surface area contributed by atoms with Crippen LogP contribution in [0.3, 0.4) is 0 Å². The molecule has 15 heavy (non-hydrogen) atoms. The minimum Gasteiger partial charge on any atom is -0.469 e. The van der Waals surface area contributed by atoms with Gasteiger partial charge in [0.25, 0.3) is 0 Å². The number of carbonyl (C=O) groups is 1. The Bertz CT molecular complexity index is 360. The van der Waals surface area contributed by atoms with Gasteiger partial charge in [0.15, 0.2) is 0 Å². The van der Waals surface area contributed by atoms with Gasteiger partial charge in [0, 0.05) is 12.0 Å². The van der Waals surface area contributed by atoms with Crippen molar-refractivity contribution in [3.63, 3.8) is 0 Å². The zero-order valence-corrected chi connectivity index (χ0v) is 8.91. The average molecular weight is 206 g/mol. The van der Waals surface area contributed by atoms with Crippen molar-refractivity contribution in [1.29, 1.82) is 5.26 Å². The summed E-state index contributed by atoms with van der Waals surface area (Å²) in [6.07, 6.45) is 2.10. The van der Waals surface area contributed by atoms with Crippen LogP contribution in [0.25, 0.3) is 0 Å². The highest BCUT2D eigenvalue weighted by molar-refractivity contribution is 5.78. The van der Waals surface area contributed by atoms with E-state index in [1.807, 2.05) is 32.0 Å². The molecule has 1 heterocycles. The Kier molecular flexibility index (Phi) is 3.51. The number of nitrogens with zero attached hydrogens (tertiary/aromatic N) is 1. The maximum Gasteiger partial charge on any atom is 0.234 e. The van der Waals surface area contributed by atoms with Gasteiger partial charge in [-0.1, -0.05) is 0 Å². The summed E-state index contributed by atoms with van der Waals surface area (Å²) >= 11 is 0. The zero-order valence-electron chi connectivity index (χ0n) is 8.91. The third-order valence-electron chi connectivity index (χ3n) is 1.91. The predicted octanol–water partition coefficient (Wildman–Crippen LogP) is 1.63. The van der Waals surface area contributed by atoms with Gasteiger partial charge in [0.05, 0.1) is 12.3 Å². The maximum absolute atomic E-state index is 11.2. The molecule has 0 saturated heterocycles. The van der Waals surface area contributed by atoms with Crippen molar-refractivity contribution in [2.24, 2.45) is 0 Å². The summed E-state index contributed by atoms with van der Waals surface area (Å²) in [5.41, 5.74) is -0.397. The van der Waals surface area contributed by atoms with E-state index in [0.717, 1.165) is 5.76 Å². The van der Waals surface area contributed by atoms with Gasteiger partial charge in [0.2, 0.25) is 5.91 Å². The molecule has 0 aliphatic carbocycles. The molecule has 0 aromatic carbocycles. The van der Waals surface area contributed by atoms with Crippen LogP contribution in [0.1, 0.15) is 26.0 Å². The Morgan fingerprint density at radius 3 is 2.93 bits per heavy atom. The van der Waals surface area contributed by atoms with Crippen LogP contribution in [-0.4, -0.2) is 11.4 Å². The third-order valence-corrected chi connectivity index (χ3v) is 1.91. The second-order valence-corrected chi connectivity index (χ2v) is 4.02. The molecule has 1 amide bonds. The summed E-state index contributed by atoms with van der Waals surface area (Å²) in [6.45, 7) is 3.79. The summed E-state index contributed by atoms with van der Waals surface area (Å²) < 4.78 is 5.19. The van der Waals surface area contributed by atoms with E-state index in [2.05, 4.69) is 5.32 Å². The van der Waals surface area contributed by atoms with Gasteiger partial charge in [0.1, 0.15) is 12.2 Å². The van der Waals surface area contributed by atoms with Crippen molar-refractivity contribution in [1.82, 2.24) is 5.32 Å². The second-order valence-electron chi connectivity index (χ2n) is 4.02. The monoisotopic (exact) mass is 206 g/mol. The summed E-state index contributed by atoms with van der Waals surface area (Å²) in [5, 5.41) is 11.1. The van der Waals surface area contributed by atoms with Gasteiger partial charge in [-0.25, -0.2) is 0 Å². The van der Waals surface area contributed by atoms with Crippen LogP contribution >= 0.6 is 0 Å². The van der Waals surface area contributed by atoms with Gasteiger partial charge in [-0.3, -0.25) is 4.79 Å². The molecular formula is C11H14N2O2. The number of nitrogens with one attached hydrogen (secondary N) is 1. The van der Waals surface area contributed by atoms with E-state index in [0.29, 0.717) is 6.42 Å². The number of furan rings is 1. The molecule has 0 fully saturated rings. The van der Waals surface area contributed by atoms with Crippen LogP contribution in [0.2, 0.25) is 0 Å². The molecule has 0 radical (unpaired) electrons. The van der Waals surface area contributed by atoms with Crippen LogP contribution in [0.5, 0.6) is 0 Å². The number of rotatable bonds is 4. The fraction of sp³-hybridized carbons (Fsp3) is 0.455. The van der Waals surface area contributed by atoms with Crippen molar-refractivity contribution in [3.8, 4) is 6.07 Å². The molecule has 0 bridgehead atoms. The van der Waals surface area contributed by atoms with Crippen LogP contribution in [0, 0.1) is 11.3 Å². The summed E-state index contributed by atoms with van der Waals surface area (Å²) in [5.74, 6) is 0.561. The van der Waals surface area contributed by atoms with Crippen LogP contribution < -0.4 is 5.32 Å².